The van der Waals surface area contributed by atoms with Crippen molar-refractivity contribution in [2.45, 2.75) is 32.9 Å². The number of carbonyl (C=O) groups excluding carboxylic acids is 2. The second-order valence-electron chi connectivity index (χ2n) is 3.96. The van der Waals surface area contributed by atoms with Crippen LogP contribution in [0.4, 0.5) is 4.79 Å². The lowest BCUT2D eigenvalue weighted by Crippen LogP contribution is -2.57. The van der Waals surface area contributed by atoms with Crippen molar-refractivity contribution >= 4 is 11.9 Å². The monoisotopic (exact) mass is 225 g/mol. The molecule has 5 nitrogen and oxygen atoms in total. The molecular formula is C11H19N3O2. The molecule has 1 fully saturated rings. The van der Waals surface area contributed by atoms with Gasteiger partial charge in [-0.15, -0.1) is 0 Å². The Balaban J connectivity index is 2.62. The summed E-state index contributed by atoms with van der Waals surface area (Å²) in [6.45, 7) is 8.55. The van der Waals surface area contributed by atoms with Gasteiger partial charge in [0.2, 0.25) is 5.91 Å². The Morgan fingerprint density at radius 1 is 1.69 bits per heavy atom. The van der Waals surface area contributed by atoms with Crippen LogP contribution in [0, 0.1) is 0 Å². The van der Waals surface area contributed by atoms with Gasteiger partial charge in [-0.1, -0.05) is 13.5 Å². The molecular weight excluding hydrogens is 206 g/mol. The maximum absolute atomic E-state index is 11.6. The van der Waals surface area contributed by atoms with Crippen LogP contribution < -0.4 is 10.6 Å². The van der Waals surface area contributed by atoms with Gasteiger partial charge in [0, 0.05) is 18.7 Å². The summed E-state index contributed by atoms with van der Waals surface area (Å²) in [5.41, 5.74) is 0.455. The molecule has 0 aliphatic carbocycles. The van der Waals surface area contributed by atoms with Crippen LogP contribution in [0.2, 0.25) is 0 Å². The van der Waals surface area contributed by atoms with Gasteiger partial charge >= 0.3 is 6.03 Å². The Morgan fingerprint density at radius 3 is 2.88 bits per heavy atom. The van der Waals surface area contributed by atoms with E-state index in [1.165, 1.54) is 0 Å². The van der Waals surface area contributed by atoms with Crippen LogP contribution in [-0.4, -0.2) is 36.1 Å². The molecule has 0 saturated carbocycles. The van der Waals surface area contributed by atoms with Crippen LogP contribution in [0.3, 0.4) is 0 Å². The standard InChI is InChI=1S/C11H19N3O2/c1-4-9(13-10(15)8(2)3)14-7-5-6-12-11(14)16/h9H,2,4-7H2,1,3H3,(H,12,16)(H,13,15). The number of urea groups is 1. The minimum Gasteiger partial charge on any atom is -0.338 e. The van der Waals surface area contributed by atoms with Crippen molar-refractivity contribution in [3.05, 3.63) is 12.2 Å². The Labute approximate surface area is 95.9 Å². The van der Waals surface area contributed by atoms with Gasteiger partial charge in [-0.25, -0.2) is 4.79 Å². The number of hydrogen-bond donors (Lipinski definition) is 2. The zero-order valence-corrected chi connectivity index (χ0v) is 9.88. The van der Waals surface area contributed by atoms with Gasteiger partial charge < -0.3 is 15.5 Å². The molecule has 5 heteroatoms. The fraction of sp³-hybridized carbons (Fsp3) is 0.636. The van der Waals surface area contributed by atoms with E-state index in [0.29, 0.717) is 25.1 Å². The Bertz CT molecular complexity index is 302. The summed E-state index contributed by atoms with van der Waals surface area (Å²) in [6, 6.07) is -0.111. The molecule has 90 valence electrons. The molecule has 1 atom stereocenters. The van der Waals surface area contributed by atoms with Crippen molar-refractivity contribution in [2.24, 2.45) is 0 Å². The third kappa shape index (κ3) is 2.98. The summed E-state index contributed by atoms with van der Waals surface area (Å²) in [7, 11) is 0. The molecule has 0 aromatic carbocycles. The van der Waals surface area contributed by atoms with E-state index in [1.54, 1.807) is 11.8 Å². The third-order valence-corrected chi connectivity index (χ3v) is 2.56. The van der Waals surface area contributed by atoms with Gasteiger partial charge in [0.15, 0.2) is 0 Å². The summed E-state index contributed by atoms with van der Waals surface area (Å²) in [6.07, 6.45) is 1.35. The number of nitrogens with one attached hydrogen (secondary N) is 2. The first-order chi connectivity index (χ1) is 7.56. The largest absolute Gasteiger partial charge is 0.338 e. The van der Waals surface area contributed by atoms with Gasteiger partial charge in [0.1, 0.15) is 6.17 Å². The molecule has 1 unspecified atom stereocenters. The quantitative estimate of drug-likeness (QED) is 0.696. The molecule has 0 aromatic rings. The molecule has 1 aliphatic rings. The van der Waals surface area contributed by atoms with E-state index < -0.39 is 0 Å². The first-order valence-electron chi connectivity index (χ1n) is 5.57. The van der Waals surface area contributed by atoms with E-state index in [0.717, 1.165) is 6.42 Å². The molecule has 1 heterocycles. The van der Waals surface area contributed by atoms with Crippen molar-refractivity contribution in [3.63, 3.8) is 0 Å². The lowest BCUT2D eigenvalue weighted by atomic mass is 10.2. The average molecular weight is 225 g/mol. The van der Waals surface area contributed by atoms with E-state index in [9.17, 15) is 9.59 Å². The number of rotatable bonds is 4. The SMILES string of the molecule is C=C(C)C(=O)NC(CC)N1CCCNC1=O. The number of amides is 3. The molecule has 0 radical (unpaired) electrons. The highest BCUT2D eigenvalue weighted by Crippen LogP contribution is 2.07. The number of nitrogens with zero attached hydrogens (tertiary/aromatic N) is 1. The number of carbonyl (C=O) groups is 2. The van der Waals surface area contributed by atoms with E-state index in [-0.39, 0.29) is 18.1 Å². The number of hydrogen-bond acceptors (Lipinski definition) is 2. The molecule has 1 rings (SSSR count). The molecule has 1 aliphatic heterocycles. The smallest absolute Gasteiger partial charge is 0.319 e. The summed E-state index contributed by atoms with van der Waals surface area (Å²) >= 11 is 0. The Kier molecular flexibility index (Phi) is 4.34. The molecule has 16 heavy (non-hydrogen) atoms. The van der Waals surface area contributed by atoms with Crippen molar-refractivity contribution in [2.75, 3.05) is 13.1 Å². The molecule has 1 saturated heterocycles. The minimum absolute atomic E-state index is 0.111. The van der Waals surface area contributed by atoms with Crippen LogP contribution in [0.1, 0.15) is 26.7 Å². The van der Waals surface area contributed by atoms with Gasteiger partial charge in [-0.2, -0.15) is 0 Å². The zero-order valence-electron chi connectivity index (χ0n) is 9.88. The van der Waals surface area contributed by atoms with E-state index in [1.807, 2.05) is 6.92 Å². The van der Waals surface area contributed by atoms with Crippen LogP contribution >= 0.6 is 0 Å². The fourth-order valence-electron chi connectivity index (χ4n) is 1.62. The Morgan fingerprint density at radius 2 is 2.38 bits per heavy atom. The van der Waals surface area contributed by atoms with Crippen LogP contribution in [0.15, 0.2) is 12.2 Å². The lowest BCUT2D eigenvalue weighted by Gasteiger charge is -2.34. The van der Waals surface area contributed by atoms with Crippen LogP contribution in [-0.2, 0) is 4.79 Å². The van der Waals surface area contributed by atoms with Crippen molar-refractivity contribution in [3.8, 4) is 0 Å². The van der Waals surface area contributed by atoms with E-state index >= 15 is 0 Å². The lowest BCUT2D eigenvalue weighted by molar-refractivity contribution is -0.119. The van der Waals surface area contributed by atoms with Gasteiger partial charge in [-0.05, 0) is 19.8 Å². The summed E-state index contributed by atoms with van der Waals surface area (Å²) in [5, 5.41) is 5.56. The Hall–Kier alpha value is -1.52. The maximum atomic E-state index is 11.6. The molecule has 0 spiro atoms. The van der Waals surface area contributed by atoms with Gasteiger partial charge in [0.25, 0.3) is 0 Å². The summed E-state index contributed by atoms with van der Waals surface area (Å²) in [5.74, 6) is -0.203. The first-order valence-corrected chi connectivity index (χ1v) is 5.57. The van der Waals surface area contributed by atoms with E-state index in [2.05, 4.69) is 17.2 Å². The fourth-order valence-corrected chi connectivity index (χ4v) is 1.62. The second kappa shape index (κ2) is 5.53. The predicted molar refractivity (Wildman–Crippen MR) is 61.8 cm³/mol. The predicted octanol–water partition coefficient (Wildman–Crippen LogP) is 0.830. The van der Waals surface area contributed by atoms with Crippen LogP contribution in [0.25, 0.3) is 0 Å². The van der Waals surface area contributed by atoms with Crippen molar-refractivity contribution in [1.82, 2.24) is 15.5 Å². The highest BCUT2D eigenvalue weighted by molar-refractivity contribution is 5.92. The summed E-state index contributed by atoms with van der Waals surface area (Å²) in [4.78, 5) is 24.7. The zero-order chi connectivity index (χ0) is 12.1. The van der Waals surface area contributed by atoms with E-state index in [4.69, 9.17) is 0 Å². The highest BCUT2D eigenvalue weighted by atomic mass is 16.2. The van der Waals surface area contributed by atoms with Crippen molar-refractivity contribution < 1.29 is 9.59 Å². The minimum atomic E-state index is -0.246. The normalized spacial score (nSPS) is 17.6. The summed E-state index contributed by atoms with van der Waals surface area (Å²) < 4.78 is 0. The maximum Gasteiger partial charge on any atom is 0.319 e. The van der Waals surface area contributed by atoms with Gasteiger partial charge in [-0.3, -0.25) is 4.79 Å². The first kappa shape index (κ1) is 12.5. The van der Waals surface area contributed by atoms with Crippen molar-refractivity contribution in [1.29, 1.82) is 0 Å². The second-order valence-corrected chi connectivity index (χ2v) is 3.96. The molecule has 2 N–H and O–H groups in total. The molecule has 0 aromatic heterocycles. The average Bonchev–Trinajstić information content (AvgIpc) is 2.26. The topological polar surface area (TPSA) is 61.4 Å². The third-order valence-electron chi connectivity index (χ3n) is 2.56. The molecule has 3 amide bonds. The molecule has 0 bridgehead atoms. The van der Waals surface area contributed by atoms with Crippen LogP contribution in [0.5, 0.6) is 0 Å². The highest BCUT2D eigenvalue weighted by Gasteiger charge is 2.25. The van der Waals surface area contributed by atoms with Gasteiger partial charge in [0.05, 0.1) is 0 Å².